The highest BCUT2D eigenvalue weighted by Gasteiger charge is 2.01. The Bertz CT molecular complexity index is 387. The van der Waals surface area contributed by atoms with Gasteiger partial charge >= 0.3 is 0 Å². The van der Waals surface area contributed by atoms with Crippen molar-refractivity contribution in [2.45, 2.75) is 6.42 Å². The largest absolute Gasteiger partial charge is 0.493 e. The van der Waals surface area contributed by atoms with Gasteiger partial charge < -0.3 is 19.9 Å². The fourth-order valence-corrected chi connectivity index (χ4v) is 1.52. The number of hydrogen-bond acceptors (Lipinski definition) is 4. The number of benzene rings is 1. The minimum atomic E-state index is -0.102. The number of rotatable bonds is 9. The van der Waals surface area contributed by atoms with Gasteiger partial charge in [0, 0.05) is 11.6 Å². The van der Waals surface area contributed by atoms with E-state index in [0.29, 0.717) is 30.5 Å². The quantitative estimate of drug-likeness (QED) is 0.671. The summed E-state index contributed by atoms with van der Waals surface area (Å²) in [5.74, 6) is 0.543. The molecule has 0 saturated carbocycles. The molecular formula is C13H18ClNO4. The van der Waals surface area contributed by atoms with Crippen LogP contribution in [0.4, 0.5) is 0 Å². The molecule has 0 aromatic heterocycles. The van der Waals surface area contributed by atoms with Crippen molar-refractivity contribution in [1.82, 2.24) is 5.32 Å². The SMILES string of the molecule is O=C(CCOc1cccc(Cl)c1)NCCOCCO. The maximum Gasteiger partial charge on any atom is 0.223 e. The van der Waals surface area contributed by atoms with Gasteiger partial charge in [0.25, 0.3) is 0 Å². The number of nitrogens with one attached hydrogen (secondary N) is 1. The predicted molar refractivity (Wildman–Crippen MR) is 72.5 cm³/mol. The molecule has 19 heavy (non-hydrogen) atoms. The summed E-state index contributed by atoms with van der Waals surface area (Å²) in [6, 6.07) is 7.03. The number of carbonyl (C=O) groups is 1. The standard InChI is InChI=1S/C13H18ClNO4/c14-11-2-1-3-12(10-11)19-7-4-13(17)15-5-8-18-9-6-16/h1-3,10,16H,4-9H2,(H,15,17). The third-order valence-corrected chi connectivity index (χ3v) is 2.43. The van der Waals surface area contributed by atoms with E-state index < -0.39 is 0 Å². The molecule has 2 N–H and O–H groups in total. The summed E-state index contributed by atoms with van der Waals surface area (Å²) < 4.78 is 10.4. The van der Waals surface area contributed by atoms with Crippen molar-refractivity contribution in [1.29, 1.82) is 0 Å². The van der Waals surface area contributed by atoms with Gasteiger partial charge in [0.1, 0.15) is 5.75 Å². The first kappa shape index (κ1) is 15.8. The summed E-state index contributed by atoms with van der Waals surface area (Å²) in [5.41, 5.74) is 0. The average molecular weight is 288 g/mol. The Balaban J connectivity index is 2.07. The molecule has 6 heteroatoms. The van der Waals surface area contributed by atoms with Crippen LogP contribution in [-0.2, 0) is 9.53 Å². The van der Waals surface area contributed by atoms with Crippen LogP contribution in [0, 0.1) is 0 Å². The Labute approximate surface area is 117 Å². The zero-order valence-electron chi connectivity index (χ0n) is 10.6. The van der Waals surface area contributed by atoms with Crippen LogP contribution in [0.2, 0.25) is 5.02 Å². The Kier molecular flexibility index (Phi) is 7.97. The monoisotopic (exact) mass is 287 g/mol. The number of ether oxygens (including phenoxy) is 2. The molecular weight excluding hydrogens is 270 g/mol. The summed E-state index contributed by atoms with van der Waals surface area (Å²) in [5, 5.41) is 11.8. The van der Waals surface area contributed by atoms with Crippen LogP contribution in [-0.4, -0.2) is 44.0 Å². The van der Waals surface area contributed by atoms with E-state index in [1.807, 2.05) is 0 Å². The minimum Gasteiger partial charge on any atom is -0.493 e. The van der Waals surface area contributed by atoms with E-state index in [1.54, 1.807) is 24.3 Å². The van der Waals surface area contributed by atoms with Crippen LogP contribution < -0.4 is 10.1 Å². The second-order valence-corrected chi connectivity index (χ2v) is 4.18. The summed E-state index contributed by atoms with van der Waals surface area (Å²) in [4.78, 5) is 11.4. The highest BCUT2D eigenvalue weighted by molar-refractivity contribution is 6.30. The average Bonchev–Trinajstić information content (AvgIpc) is 2.38. The van der Waals surface area contributed by atoms with Gasteiger partial charge in [0.15, 0.2) is 0 Å². The van der Waals surface area contributed by atoms with Crippen LogP contribution in [0.5, 0.6) is 5.75 Å². The van der Waals surface area contributed by atoms with E-state index >= 15 is 0 Å². The third kappa shape index (κ3) is 7.66. The zero-order chi connectivity index (χ0) is 13.9. The van der Waals surface area contributed by atoms with Gasteiger partial charge in [-0.05, 0) is 18.2 Å². The molecule has 0 aliphatic rings. The van der Waals surface area contributed by atoms with E-state index in [9.17, 15) is 4.79 Å². The van der Waals surface area contributed by atoms with E-state index in [1.165, 1.54) is 0 Å². The topological polar surface area (TPSA) is 67.8 Å². The lowest BCUT2D eigenvalue weighted by atomic mass is 10.3. The molecule has 0 unspecified atom stereocenters. The number of amides is 1. The highest BCUT2D eigenvalue weighted by atomic mass is 35.5. The first-order chi connectivity index (χ1) is 9.22. The molecule has 1 amide bonds. The molecule has 0 atom stereocenters. The lowest BCUT2D eigenvalue weighted by Crippen LogP contribution is -2.28. The maximum atomic E-state index is 11.4. The predicted octanol–water partition coefficient (Wildman–Crippen LogP) is 1.23. The normalized spacial score (nSPS) is 10.2. The van der Waals surface area contributed by atoms with Crippen LogP contribution in [0.25, 0.3) is 0 Å². The lowest BCUT2D eigenvalue weighted by Gasteiger charge is -2.07. The number of hydrogen-bond donors (Lipinski definition) is 2. The Morgan fingerprint density at radius 3 is 2.89 bits per heavy atom. The molecule has 0 saturated heterocycles. The number of aliphatic hydroxyl groups excluding tert-OH is 1. The third-order valence-electron chi connectivity index (χ3n) is 2.20. The van der Waals surface area contributed by atoms with Crippen LogP contribution >= 0.6 is 11.6 Å². The van der Waals surface area contributed by atoms with E-state index in [0.717, 1.165) is 0 Å². The molecule has 1 aromatic rings. The van der Waals surface area contributed by atoms with Crippen molar-refractivity contribution in [3.05, 3.63) is 29.3 Å². The summed E-state index contributed by atoms with van der Waals surface area (Å²) in [7, 11) is 0. The zero-order valence-corrected chi connectivity index (χ0v) is 11.4. The summed E-state index contributed by atoms with van der Waals surface area (Å²) >= 11 is 5.81. The van der Waals surface area contributed by atoms with Gasteiger partial charge in [0.2, 0.25) is 5.91 Å². The molecule has 0 spiro atoms. The molecule has 106 valence electrons. The smallest absolute Gasteiger partial charge is 0.223 e. The fourth-order valence-electron chi connectivity index (χ4n) is 1.34. The van der Waals surface area contributed by atoms with Crippen molar-refractivity contribution >= 4 is 17.5 Å². The van der Waals surface area contributed by atoms with Gasteiger partial charge in [-0.25, -0.2) is 0 Å². The summed E-state index contributed by atoms with van der Waals surface area (Å²) in [6.45, 7) is 1.39. The number of halogens is 1. The number of aliphatic hydroxyl groups is 1. The first-order valence-electron chi connectivity index (χ1n) is 6.06. The molecule has 0 aliphatic heterocycles. The molecule has 1 rings (SSSR count). The van der Waals surface area contributed by atoms with E-state index in [4.69, 9.17) is 26.2 Å². The van der Waals surface area contributed by atoms with Crippen LogP contribution in [0.3, 0.4) is 0 Å². The second-order valence-electron chi connectivity index (χ2n) is 3.74. The minimum absolute atomic E-state index is 0.0125. The summed E-state index contributed by atoms with van der Waals surface area (Å²) in [6.07, 6.45) is 0.270. The fraction of sp³-hybridized carbons (Fsp3) is 0.462. The van der Waals surface area contributed by atoms with E-state index in [2.05, 4.69) is 5.32 Å². The molecule has 0 heterocycles. The molecule has 1 aromatic carbocycles. The van der Waals surface area contributed by atoms with Crippen molar-refractivity contribution < 1.29 is 19.4 Å². The maximum absolute atomic E-state index is 11.4. The van der Waals surface area contributed by atoms with Gasteiger partial charge in [-0.15, -0.1) is 0 Å². The lowest BCUT2D eigenvalue weighted by molar-refractivity contribution is -0.121. The molecule has 0 fully saturated rings. The Morgan fingerprint density at radius 1 is 1.32 bits per heavy atom. The van der Waals surface area contributed by atoms with Crippen molar-refractivity contribution in [3.63, 3.8) is 0 Å². The molecule has 0 aliphatic carbocycles. The molecule has 5 nitrogen and oxygen atoms in total. The second kappa shape index (κ2) is 9.61. The van der Waals surface area contributed by atoms with Gasteiger partial charge in [0.05, 0.1) is 32.8 Å². The van der Waals surface area contributed by atoms with Crippen LogP contribution in [0.15, 0.2) is 24.3 Å². The van der Waals surface area contributed by atoms with Crippen LogP contribution in [0.1, 0.15) is 6.42 Å². The Hall–Kier alpha value is -1.30. The Morgan fingerprint density at radius 2 is 2.16 bits per heavy atom. The highest BCUT2D eigenvalue weighted by Crippen LogP contribution is 2.16. The molecule has 0 radical (unpaired) electrons. The van der Waals surface area contributed by atoms with Gasteiger partial charge in [-0.3, -0.25) is 4.79 Å². The van der Waals surface area contributed by atoms with Crippen molar-refractivity contribution in [2.75, 3.05) is 33.0 Å². The van der Waals surface area contributed by atoms with E-state index in [-0.39, 0.29) is 25.5 Å². The molecule has 0 bridgehead atoms. The van der Waals surface area contributed by atoms with Crippen molar-refractivity contribution in [2.24, 2.45) is 0 Å². The van der Waals surface area contributed by atoms with Gasteiger partial charge in [-0.1, -0.05) is 17.7 Å². The van der Waals surface area contributed by atoms with Gasteiger partial charge in [-0.2, -0.15) is 0 Å². The van der Waals surface area contributed by atoms with Crippen molar-refractivity contribution in [3.8, 4) is 5.75 Å². The number of carbonyl (C=O) groups excluding carboxylic acids is 1. The first-order valence-corrected chi connectivity index (χ1v) is 6.44.